The highest BCUT2D eigenvalue weighted by Crippen LogP contribution is 2.10. The van der Waals surface area contributed by atoms with Gasteiger partial charge in [0, 0.05) is 35.9 Å². The molecular formula is C13H20ClN3O2. The van der Waals surface area contributed by atoms with Crippen LogP contribution in [0.5, 0.6) is 0 Å². The molecule has 0 aromatic carbocycles. The highest BCUT2D eigenvalue weighted by Gasteiger charge is 2.19. The lowest BCUT2D eigenvalue weighted by atomic mass is 10.1. The Morgan fingerprint density at radius 1 is 1.58 bits per heavy atom. The van der Waals surface area contributed by atoms with Crippen LogP contribution in [0.1, 0.15) is 26.5 Å². The van der Waals surface area contributed by atoms with Crippen molar-refractivity contribution in [2.75, 3.05) is 6.54 Å². The van der Waals surface area contributed by atoms with E-state index < -0.39 is 11.7 Å². The average molecular weight is 286 g/mol. The number of aromatic nitrogens is 1. The van der Waals surface area contributed by atoms with Crippen molar-refractivity contribution in [3.63, 3.8) is 0 Å². The number of nitrogens with zero attached hydrogens (tertiary/aromatic N) is 1. The maximum atomic E-state index is 11.6. The maximum Gasteiger partial charge on any atom is 0.407 e. The molecule has 0 fully saturated rings. The van der Waals surface area contributed by atoms with E-state index in [2.05, 4.69) is 10.3 Å². The number of rotatable bonds is 4. The molecule has 5 nitrogen and oxygen atoms in total. The van der Waals surface area contributed by atoms with E-state index in [-0.39, 0.29) is 6.04 Å². The SMILES string of the molecule is CC(C)(C)OC(=O)NC(CN)Cc1cc(Cl)ccn1. The molecule has 0 radical (unpaired) electrons. The number of carbonyl (C=O) groups excluding carboxylic acids is 1. The quantitative estimate of drug-likeness (QED) is 0.888. The minimum atomic E-state index is -0.530. The molecule has 1 unspecified atom stereocenters. The first-order valence-corrected chi connectivity index (χ1v) is 6.48. The van der Waals surface area contributed by atoms with Gasteiger partial charge in [0.05, 0.1) is 0 Å². The van der Waals surface area contributed by atoms with Crippen LogP contribution in [0, 0.1) is 0 Å². The molecule has 0 aliphatic carbocycles. The van der Waals surface area contributed by atoms with Crippen molar-refractivity contribution in [1.29, 1.82) is 0 Å². The number of alkyl carbamates (subject to hydrolysis) is 1. The number of nitrogens with one attached hydrogen (secondary N) is 1. The third-order valence-electron chi connectivity index (χ3n) is 2.24. The second-order valence-electron chi connectivity index (χ2n) is 5.25. The van der Waals surface area contributed by atoms with Crippen LogP contribution in [-0.2, 0) is 11.2 Å². The molecule has 1 rings (SSSR count). The van der Waals surface area contributed by atoms with Gasteiger partial charge in [-0.2, -0.15) is 0 Å². The number of halogens is 1. The van der Waals surface area contributed by atoms with Crippen LogP contribution < -0.4 is 11.1 Å². The van der Waals surface area contributed by atoms with E-state index >= 15 is 0 Å². The van der Waals surface area contributed by atoms with Gasteiger partial charge >= 0.3 is 6.09 Å². The van der Waals surface area contributed by atoms with Crippen LogP contribution in [0.3, 0.4) is 0 Å². The fourth-order valence-corrected chi connectivity index (χ4v) is 1.66. The summed E-state index contributed by atoms with van der Waals surface area (Å²) in [5.41, 5.74) is 5.89. The molecule has 6 heteroatoms. The molecule has 0 aliphatic heterocycles. The van der Waals surface area contributed by atoms with Crippen LogP contribution in [0.4, 0.5) is 4.79 Å². The first-order valence-electron chi connectivity index (χ1n) is 6.10. The summed E-state index contributed by atoms with van der Waals surface area (Å²) in [6.07, 6.45) is 1.65. The van der Waals surface area contributed by atoms with Crippen LogP contribution in [-0.4, -0.2) is 29.3 Å². The molecule has 3 N–H and O–H groups in total. The molecule has 0 bridgehead atoms. The largest absolute Gasteiger partial charge is 0.444 e. The standard InChI is InChI=1S/C13H20ClN3O2/c1-13(2,3)19-12(18)17-11(8-15)7-10-6-9(14)4-5-16-10/h4-6,11H,7-8,15H2,1-3H3,(H,17,18). The Kier molecular flexibility index (Phi) is 5.57. The van der Waals surface area contributed by atoms with E-state index in [1.807, 2.05) is 20.8 Å². The normalized spacial score (nSPS) is 12.9. The molecule has 0 saturated heterocycles. The van der Waals surface area contributed by atoms with Crippen LogP contribution in [0.2, 0.25) is 5.02 Å². The molecule has 0 saturated carbocycles. The number of ether oxygens (including phenoxy) is 1. The number of amides is 1. The van der Waals surface area contributed by atoms with Gasteiger partial charge in [-0.3, -0.25) is 4.98 Å². The smallest absolute Gasteiger partial charge is 0.407 e. The molecule has 0 spiro atoms. The Hall–Kier alpha value is -1.33. The molecular weight excluding hydrogens is 266 g/mol. The van der Waals surface area contributed by atoms with E-state index in [4.69, 9.17) is 22.1 Å². The number of hydrogen-bond acceptors (Lipinski definition) is 4. The molecule has 0 aliphatic rings. The zero-order chi connectivity index (χ0) is 14.5. The van der Waals surface area contributed by atoms with Gasteiger partial charge in [0.25, 0.3) is 0 Å². The maximum absolute atomic E-state index is 11.6. The monoisotopic (exact) mass is 285 g/mol. The van der Waals surface area contributed by atoms with Crippen molar-refractivity contribution in [2.24, 2.45) is 5.73 Å². The van der Waals surface area contributed by atoms with Gasteiger partial charge < -0.3 is 15.8 Å². The summed E-state index contributed by atoms with van der Waals surface area (Å²) in [7, 11) is 0. The Morgan fingerprint density at radius 3 is 2.79 bits per heavy atom. The van der Waals surface area contributed by atoms with Gasteiger partial charge in [0.1, 0.15) is 5.60 Å². The predicted molar refractivity (Wildman–Crippen MR) is 75.2 cm³/mol. The van der Waals surface area contributed by atoms with Crippen molar-refractivity contribution in [3.05, 3.63) is 29.0 Å². The summed E-state index contributed by atoms with van der Waals surface area (Å²) in [5, 5.41) is 3.33. The first kappa shape index (κ1) is 15.7. The van der Waals surface area contributed by atoms with Gasteiger partial charge in [-0.1, -0.05) is 11.6 Å². The van der Waals surface area contributed by atoms with Crippen molar-refractivity contribution in [1.82, 2.24) is 10.3 Å². The minimum Gasteiger partial charge on any atom is -0.444 e. The summed E-state index contributed by atoms with van der Waals surface area (Å²) in [4.78, 5) is 15.8. The summed E-state index contributed by atoms with van der Waals surface area (Å²) in [5.74, 6) is 0. The topological polar surface area (TPSA) is 77.2 Å². The third-order valence-corrected chi connectivity index (χ3v) is 2.47. The van der Waals surface area contributed by atoms with Gasteiger partial charge in [-0.15, -0.1) is 0 Å². The van der Waals surface area contributed by atoms with Crippen LogP contribution >= 0.6 is 11.6 Å². The molecule has 1 amide bonds. The fourth-order valence-electron chi connectivity index (χ4n) is 1.48. The fraction of sp³-hybridized carbons (Fsp3) is 0.538. The van der Waals surface area contributed by atoms with Crippen molar-refractivity contribution in [3.8, 4) is 0 Å². The number of carbonyl (C=O) groups is 1. The second kappa shape index (κ2) is 6.73. The Balaban J connectivity index is 2.57. The van der Waals surface area contributed by atoms with E-state index in [0.717, 1.165) is 5.69 Å². The van der Waals surface area contributed by atoms with Crippen molar-refractivity contribution >= 4 is 17.7 Å². The highest BCUT2D eigenvalue weighted by atomic mass is 35.5. The van der Waals surface area contributed by atoms with E-state index in [1.54, 1.807) is 18.3 Å². The predicted octanol–water partition coefficient (Wildman–Crippen LogP) is 2.13. The zero-order valence-corrected chi connectivity index (χ0v) is 12.2. The highest BCUT2D eigenvalue weighted by molar-refractivity contribution is 6.30. The minimum absolute atomic E-state index is 0.235. The van der Waals surface area contributed by atoms with Gasteiger partial charge in [0.2, 0.25) is 0 Å². The summed E-state index contributed by atoms with van der Waals surface area (Å²) in [6.45, 7) is 5.72. The van der Waals surface area contributed by atoms with E-state index in [1.165, 1.54) is 0 Å². The Labute approximate surface area is 118 Å². The molecule has 106 valence electrons. The summed E-state index contributed by atoms with van der Waals surface area (Å²) >= 11 is 5.88. The summed E-state index contributed by atoms with van der Waals surface area (Å²) in [6, 6.07) is 3.21. The molecule has 1 atom stereocenters. The van der Waals surface area contributed by atoms with E-state index in [0.29, 0.717) is 18.0 Å². The van der Waals surface area contributed by atoms with E-state index in [9.17, 15) is 4.79 Å². The lowest BCUT2D eigenvalue weighted by Crippen LogP contribution is -2.44. The van der Waals surface area contributed by atoms with Gasteiger partial charge in [-0.25, -0.2) is 4.79 Å². The second-order valence-corrected chi connectivity index (χ2v) is 5.68. The lowest BCUT2D eigenvalue weighted by Gasteiger charge is -2.22. The Bertz CT molecular complexity index is 432. The third kappa shape index (κ3) is 6.40. The van der Waals surface area contributed by atoms with Crippen molar-refractivity contribution < 1.29 is 9.53 Å². The van der Waals surface area contributed by atoms with Crippen molar-refractivity contribution in [2.45, 2.75) is 38.8 Å². The molecule has 19 heavy (non-hydrogen) atoms. The molecule has 1 aromatic rings. The van der Waals surface area contributed by atoms with Gasteiger partial charge in [-0.05, 0) is 32.9 Å². The summed E-state index contributed by atoms with van der Waals surface area (Å²) < 4.78 is 5.18. The molecule has 1 heterocycles. The average Bonchev–Trinajstić information content (AvgIpc) is 2.25. The number of pyridine rings is 1. The van der Waals surface area contributed by atoms with Crippen LogP contribution in [0.15, 0.2) is 18.3 Å². The number of nitrogens with two attached hydrogens (primary N) is 1. The molecule has 1 aromatic heterocycles. The zero-order valence-electron chi connectivity index (χ0n) is 11.4. The lowest BCUT2D eigenvalue weighted by molar-refractivity contribution is 0.0506. The number of hydrogen-bond donors (Lipinski definition) is 2. The Morgan fingerprint density at radius 2 is 2.26 bits per heavy atom. The van der Waals surface area contributed by atoms with Gasteiger partial charge in [0.15, 0.2) is 0 Å². The van der Waals surface area contributed by atoms with Crippen LogP contribution in [0.25, 0.3) is 0 Å². The first-order chi connectivity index (χ1) is 8.80.